The maximum Gasteiger partial charge on any atom is 0.0252 e. The number of hydrogen-bond acceptors (Lipinski definition) is 2. The molecule has 0 amide bonds. The fraction of sp³-hybridized carbons (Fsp3) is 1.00. The molecule has 0 aromatic heterocycles. The van der Waals surface area contributed by atoms with E-state index in [1.807, 2.05) is 0 Å². The summed E-state index contributed by atoms with van der Waals surface area (Å²) in [4.78, 5) is 0. The van der Waals surface area contributed by atoms with Crippen LogP contribution >= 0.6 is 0 Å². The van der Waals surface area contributed by atoms with E-state index in [-0.39, 0.29) is 5.54 Å². The molecular formula is C13H28N2. The lowest BCUT2D eigenvalue weighted by molar-refractivity contribution is 0.230. The summed E-state index contributed by atoms with van der Waals surface area (Å²) in [6.45, 7) is 7.68. The van der Waals surface area contributed by atoms with E-state index < -0.39 is 0 Å². The van der Waals surface area contributed by atoms with E-state index in [0.717, 1.165) is 13.0 Å². The van der Waals surface area contributed by atoms with Crippen LogP contribution in [0.1, 0.15) is 65.7 Å². The molecule has 0 aromatic rings. The number of hydrogen-bond donors (Lipinski definition) is 2. The summed E-state index contributed by atoms with van der Waals surface area (Å²) in [6, 6.07) is 0. The third kappa shape index (κ3) is 4.52. The van der Waals surface area contributed by atoms with Crippen molar-refractivity contribution in [3.05, 3.63) is 0 Å². The monoisotopic (exact) mass is 212 g/mol. The first-order valence-electron chi connectivity index (χ1n) is 6.51. The normalized spacial score (nSPS) is 24.8. The molecule has 2 nitrogen and oxygen atoms in total. The van der Waals surface area contributed by atoms with E-state index in [9.17, 15) is 0 Å². The molecule has 0 radical (unpaired) electrons. The average molecular weight is 212 g/mol. The van der Waals surface area contributed by atoms with Crippen molar-refractivity contribution in [3.63, 3.8) is 0 Å². The minimum absolute atomic E-state index is 0.0325. The van der Waals surface area contributed by atoms with E-state index in [1.165, 1.54) is 38.5 Å². The van der Waals surface area contributed by atoms with Crippen LogP contribution in [0.4, 0.5) is 0 Å². The zero-order valence-electron chi connectivity index (χ0n) is 10.7. The molecule has 1 rings (SSSR count). The molecule has 2 heteroatoms. The van der Waals surface area contributed by atoms with Gasteiger partial charge in [0.1, 0.15) is 0 Å². The van der Waals surface area contributed by atoms with Crippen molar-refractivity contribution in [2.45, 2.75) is 76.8 Å². The van der Waals surface area contributed by atoms with Gasteiger partial charge in [-0.25, -0.2) is 0 Å². The van der Waals surface area contributed by atoms with Gasteiger partial charge in [-0.3, -0.25) is 0 Å². The lowest BCUT2D eigenvalue weighted by Gasteiger charge is -2.38. The Morgan fingerprint density at radius 3 is 2.40 bits per heavy atom. The Kier molecular flexibility index (Phi) is 4.60. The zero-order chi connectivity index (χ0) is 11.4. The third-order valence-corrected chi connectivity index (χ3v) is 3.70. The van der Waals surface area contributed by atoms with Crippen LogP contribution in [0.15, 0.2) is 0 Å². The fourth-order valence-corrected chi connectivity index (χ4v) is 2.58. The van der Waals surface area contributed by atoms with Crippen molar-refractivity contribution in [1.82, 2.24) is 5.32 Å². The SMILES string of the molecule is CCCC(C)(N)CNC1(C)CCCCC1. The maximum absolute atomic E-state index is 6.24. The van der Waals surface area contributed by atoms with Gasteiger partial charge in [0.05, 0.1) is 0 Å². The van der Waals surface area contributed by atoms with Crippen LogP contribution in [0.3, 0.4) is 0 Å². The van der Waals surface area contributed by atoms with E-state index in [2.05, 4.69) is 26.1 Å². The highest BCUT2D eigenvalue weighted by atomic mass is 15.0. The Morgan fingerprint density at radius 1 is 1.27 bits per heavy atom. The van der Waals surface area contributed by atoms with Crippen molar-refractivity contribution >= 4 is 0 Å². The molecule has 0 saturated heterocycles. The Hall–Kier alpha value is -0.0800. The van der Waals surface area contributed by atoms with Crippen molar-refractivity contribution in [2.24, 2.45) is 5.73 Å². The van der Waals surface area contributed by atoms with Crippen molar-refractivity contribution in [2.75, 3.05) is 6.54 Å². The van der Waals surface area contributed by atoms with Gasteiger partial charge < -0.3 is 11.1 Å². The highest BCUT2D eigenvalue weighted by molar-refractivity contribution is 4.90. The molecule has 1 fully saturated rings. The molecule has 1 aliphatic carbocycles. The van der Waals surface area contributed by atoms with Crippen LogP contribution in [0, 0.1) is 0 Å². The number of nitrogens with one attached hydrogen (secondary N) is 1. The van der Waals surface area contributed by atoms with Gasteiger partial charge >= 0.3 is 0 Å². The molecular weight excluding hydrogens is 184 g/mol. The zero-order valence-corrected chi connectivity index (χ0v) is 10.7. The first-order chi connectivity index (χ1) is 6.97. The van der Waals surface area contributed by atoms with E-state index in [0.29, 0.717) is 5.54 Å². The van der Waals surface area contributed by atoms with Crippen molar-refractivity contribution in [1.29, 1.82) is 0 Å². The molecule has 3 N–H and O–H groups in total. The van der Waals surface area contributed by atoms with Crippen LogP contribution in [0.2, 0.25) is 0 Å². The minimum atomic E-state index is -0.0325. The molecule has 1 atom stereocenters. The van der Waals surface area contributed by atoms with Crippen LogP contribution < -0.4 is 11.1 Å². The van der Waals surface area contributed by atoms with E-state index >= 15 is 0 Å². The maximum atomic E-state index is 6.24. The standard InChI is InChI=1S/C13H28N2/c1-4-8-12(2,14)11-15-13(3)9-6-5-7-10-13/h15H,4-11,14H2,1-3H3. The second-order valence-electron chi connectivity index (χ2n) is 5.88. The van der Waals surface area contributed by atoms with E-state index in [4.69, 9.17) is 5.73 Å². The van der Waals surface area contributed by atoms with Crippen LogP contribution in [-0.2, 0) is 0 Å². The first-order valence-corrected chi connectivity index (χ1v) is 6.51. The average Bonchev–Trinajstić information content (AvgIpc) is 2.17. The number of nitrogens with two attached hydrogens (primary N) is 1. The Morgan fingerprint density at radius 2 is 1.87 bits per heavy atom. The molecule has 0 heterocycles. The fourth-order valence-electron chi connectivity index (χ4n) is 2.58. The molecule has 15 heavy (non-hydrogen) atoms. The second-order valence-corrected chi connectivity index (χ2v) is 5.88. The summed E-state index contributed by atoms with van der Waals surface area (Å²) >= 11 is 0. The summed E-state index contributed by atoms with van der Waals surface area (Å²) in [5.74, 6) is 0. The molecule has 0 aliphatic heterocycles. The summed E-state index contributed by atoms with van der Waals surface area (Å²) < 4.78 is 0. The van der Waals surface area contributed by atoms with Gasteiger partial charge in [-0.1, -0.05) is 32.6 Å². The smallest absolute Gasteiger partial charge is 0.0252 e. The van der Waals surface area contributed by atoms with Crippen LogP contribution in [0.25, 0.3) is 0 Å². The predicted molar refractivity (Wildman–Crippen MR) is 67.0 cm³/mol. The summed E-state index contributed by atoms with van der Waals surface area (Å²) in [6.07, 6.45) is 9.06. The third-order valence-electron chi connectivity index (χ3n) is 3.70. The minimum Gasteiger partial charge on any atom is -0.324 e. The number of rotatable bonds is 5. The topological polar surface area (TPSA) is 38.0 Å². The van der Waals surface area contributed by atoms with Gasteiger partial charge in [-0.15, -0.1) is 0 Å². The Bertz CT molecular complexity index is 181. The lowest BCUT2D eigenvalue weighted by atomic mass is 9.82. The molecule has 0 bridgehead atoms. The second kappa shape index (κ2) is 5.31. The largest absolute Gasteiger partial charge is 0.324 e. The highest BCUT2D eigenvalue weighted by Gasteiger charge is 2.28. The first kappa shape index (κ1) is 13.0. The summed E-state index contributed by atoms with van der Waals surface area (Å²) in [5, 5.41) is 3.70. The molecule has 0 spiro atoms. The van der Waals surface area contributed by atoms with Gasteiger partial charge in [0, 0.05) is 17.6 Å². The van der Waals surface area contributed by atoms with Crippen LogP contribution in [-0.4, -0.2) is 17.6 Å². The van der Waals surface area contributed by atoms with Crippen LogP contribution in [0.5, 0.6) is 0 Å². The lowest BCUT2D eigenvalue weighted by Crippen LogP contribution is -2.54. The molecule has 0 aromatic carbocycles. The molecule has 1 aliphatic rings. The van der Waals surface area contributed by atoms with Gasteiger partial charge in [0.15, 0.2) is 0 Å². The van der Waals surface area contributed by atoms with Gasteiger partial charge in [-0.2, -0.15) is 0 Å². The van der Waals surface area contributed by atoms with Gasteiger partial charge in [0.2, 0.25) is 0 Å². The summed E-state index contributed by atoms with van der Waals surface area (Å²) in [5.41, 5.74) is 6.56. The predicted octanol–water partition coefficient (Wildman–Crippen LogP) is 2.82. The quantitative estimate of drug-likeness (QED) is 0.735. The van der Waals surface area contributed by atoms with Crippen molar-refractivity contribution in [3.8, 4) is 0 Å². The van der Waals surface area contributed by atoms with Gasteiger partial charge in [-0.05, 0) is 33.1 Å². The van der Waals surface area contributed by atoms with Crippen molar-refractivity contribution < 1.29 is 0 Å². The van der Waals surface area contributed by atoms with Gasteiger partial charge in [0.25, 0.3) is 0 Å². The Labute approximate surface area is 95.0 Å². The summed E-state index contributed by atoms with van der Waals surface area (Å²) in [7, 11) is 0. The highest BCUT2D eigenvalue weighted by Crippen LogP contribution is 2.27. The molecule has 1 saturated carbocycles. The Balaban J connectivity index is 2.34. The molecule has 90 valence electrons. The van der Waals surface area contributed by atoms with E-state index in [1.54, 1.807) is 0 Å². The molecule has 1 unspecified atom stereocenters.